The summed E-state index contributed by atoms with van der Waals surface area (Å²) in [6.45, 7) is -0.178. The van der Waals surface area contributed by atoms with Gasteiger partial charge in [-0.05, 0) is 36.4 Å². The number of hydrogen-bond acceptors (Lipinski definition) is 4. The van der Waals surface area contributed by atoms with Gasteiger partial charge in [0.25, 0.3) is 5.91 Å². The zero-order valence-corrected chi connectivity index (χ0v) is 14.5. The number of para-hydroxylation sites is 2. The smallest absolute Gasteiger partial charge is 0.418 e. The molecule has 0 saturated carbocycles. The van der Waals surface area contributed by atoms with Crippen LogP contribution in [0.4, 0.5) is 30.4 Å². The van der Waals surface area contributed by atoms with Crippen molar-refractivity contribution in [2.45, 2.75) is 6.18 Å². The topological polar surface area (TPSA) is 63.2 Å². The third-order valence-corrected chi connectivity index (χ3v) is 3.66. The van der Waals surface area contributed by atoms with E-state index < -0.39 is 11.7 Å². The number of rotatable bonds is 6. The van der Waals surface area contributed by atoms with Crippen molar-refractivity contribution in [1.29, 1.82) is 0 Å². The largest absolute Gasteiger partial charge is 0.484 e. The number of anilines is 3. The number of ether oxygens (including phenoxy) is 1. The molecule has 1 aromatic heterocycles. The summed E-state index contributed by atoms with van der Waals surface area (Å²) >= 11 is 0. The van der Waals surface area contributed by atoms with Crippen LogP contribution in [-0.2, 0) is 11.0 Å². The van der Waals surface area contributed by atoms with Gasteiger partial charge in [0.15, 0.2) is 6.61 Å². The lowest BCUT2D eigenvalue weighted by Gasteiger charge is -2.14. The Morgan fingerprint density at radius 2 is 1.68 bits per heavy atom. The lowest BCUT2D eigenvalue weighted by Crippen LogP contribution is -2.20. The summed E-state index contributed by atoms with van der Waals surface area (Å²) in [6, 6.07) is 17.0. The van der Waals surface area contributed by atoms with Crippen molar-refractivity contribution in [3.05, 3.63) is 78.5 Å². The first kappa shape index (κ1) is 19.2. The van der Waals surface area contributed by atoms with Gasteiger partial charge in [0.1, 0.15) is 11.6 Å². The maximum absolute atomic E-state index is 13.0. The van der Waals surface area contributed by atoms with E-state index in [2.05, 4.69) is 15.6 Å². The number of carbonyl (C=O) groups excluding carboxylic acids is 1. The van der Waals surface area contributed by atoms with Crippen molar-refractivity contribution in [3.8, 4) is 5.75 Å². The first-order valence-corrected chi connectivity index (χ1v) is 8.29. The summed E-state index contributed by atoms with van der Waals surface area (Å²) in [5, 5.41) is 5.24. The average Bonchev–Trinajstić information content (AvgIpc) is 2.68. The van der Waals surface area contributed by atoms with E-state index in [9.17, 15) is 18.0 Å². The van der Waals surface area contributed by atoms with Crippen molar-refractivity contribution in [2.24, 2.45) is 0 Å². The quantitative estimate of drug-likeness (QED) is 0.634. The maximum Gasteiger partial charge on any atom is 0.418 e. The summed E-state index contributed by atoms with van der Waals surface area (Å²) in [6.07, 6.45) is -3.13. The second-order valence-corrected chi connectivity index (χ2v) is 5.75. The van der Waals surface area contributed by atoms with Gasteiger partial charge in [-0.25, -0.2) is 4.98 Å². The van der Waals surface area contributed by atoms with Crippen LogP contribution >= 0.6 is 0 Å². The van der Waals surface area contributed by atoms with Gasteiger partial charge in [0, 0.05) is 0 Å². The van der Waals surface area contributed by atoms with Crippen LogP contribution in [0.25, 0.3) is 0 Å². The average molecular weight is 387 g/mol. The number of carbonyl (C=O) groups is 1. The monoisotopic (exact) mass is 387 g/mol. The summed E-state index contributed by atoms with van der Waals surface area (Å²) in [5.41, 5.74) is -0.487. The number of hydrogen-bond donors (Lipinski definition) is 2. The fourth-order valence-electron chi connectivity index (χ4n) is 2.38. The van der Waals surface area contributed by atoms with Gasteiger partial charge in [-0.2, -0.15) is 13.2 Å². The van der Waals surface area contributed by atoms with Gasteiger partial charge in [-0.1, -0.05) is 30.3 Å². The van der Waals surface area contributed by atoms with Crippen LogP contribution in [0.15, 0.2) is 72.9 Å². The molecule has 5 nitrogen and oxygen atoms in total. The second kappa shape index (κ2) is 8.43. The zero-order valence-electron chi connectivity index (χ0n) is 14.5. The van der Waals surface area contributed by atoms with E-state index in [1.165, 1.54) is 36.5 Å². The van der Waals surface area contributed by atoms with E-state index >= 15 is 0 Å². The van der Waals surface area contributed by atoms with E-state index in [0.717, 1.165) is 6.07 Å². The summed E-state index contributed by atoms with van der Waals surface area (Å²) in [7, 11) is 0. The molecule has 1 heterocycles. The molecule has 0 fully saturated rings. The van der Waals surface area contributed by atoms with Gasteiger partial charge in [0.05, 0.1) is 23.1 Å². The minimum absolute atomic E-state index is 0.101. The summed E-state index contributed by atoms with van der Waals surface area (Å²) in [4.78, 5) is 15.9. The molecule has 8 heteroatoms. The van der Waals surface area contributed by atoms with E-state index in [1.54, 1.807) is 24.3 Å². The lowest BCUT2D eigenvalue weighted by molar-refractivity contribution is -0.136. The summed E-state index contributed by atoms with van der Waals surface area (Å²) < 4.78 is 44.4. The standard InChI is InChI=1S/C20H16F3N3O2/c21-20(22,23)16-8-4-5-9-17(16)26-18-11-10-14(12-24-18)25-19(27)13-28-15-6-2-1-3-7-15/h1-12H,13H2,(H,24,26)(H,25,27). The Morgan fingerprint density at radius 3 is 2.36 bits per heavy atom. The van der Waals surface area contributed by atoms with Gasteiger partial charge in [-0.3, -0.25) is 4.79 Å². The third-order valence-electron chi connectivity index (χ3n) is 3.66. The third kappa shape index (κ3) is 5.23. The number of amides is 1. The predicted octanol–water partition coefficient (Wildman–Crippen LogP) is 4.86. The molecule has 0 atom stereocenters. The highest BCUT2D eigenvalue weighted by Crippen LogP contribution is 2.35. The Kier molecular flexibility index (Phi) is 5.78. The molecule has 2 aromatic carbocycles. The van der Waals surface area contributed by atoms with Crippen molar-refractivity contribution in [3.63, 3.8) is 0 Å². The van der Waals surface area contributed by atoms with Crippen LogP contribution in [0.1, 0.15) is 5.56 Å². The number of pyridine rings is 1. The van der Waals surface area contributed by atoms with E-state index in [-0.39, 0.29) is 24.0 Å². The Hall–Kier alpha value is -3.55. The van der Waals surface area contributed by atoms with Crippen molar-refractivity contribution >= 4 is 23.1 Å². The molecule has 0 unspecified atom stereocenters. The Labute approximate surface area is 159 Å². The second-order valence-electron chi connectivity index (χ2n) is 5.75. The number of halogens is 3. The molecule has 0 spiro atoms. The van der Waals surface area contributed by atoms with Crippen LogP contribution in [0.5, 0.6) is 5.75 Å². The van der Waals surface area contributed by atoms with Crippen LogP contribution in [-0.4, -0.2) is 17.5 Å². The molecule has 28 heavy (non-hydrogen) atoms. The maximum atomic E-state index is 13.0. The first-order chi connectivity index (χ1) is 13.4. The van der Waals surface area contributed by atoms with Gasteiger partial charge in [0.2, 0.25) is 0 Å². The van der Waals surface area contributed by atoms with Crippen molar-refractivity contribution in [2.75, 3.05) is 17.2 Å². The highest BCUT2D eigenvalue weighted by molar-refractivity contribution is 5.91. The van der Waals surface area contributed by atoms with E-state index in [0.29, 0.717) is 11.4 Å². The number of benzene rings is 2. The van der Waals surface area contributed by atoms with Crippen molar-refractivity contribution < 1.29 is 22.7 Å². The molecular formula is C20H16F3N3O2. The van der Waals surface area contributed by atoms with Crippen LogP contribution in [0.3, 0.4) is 0 Å². The molecule has 0 bridgehead atoms. The molecule has 3 aromatic rings. The molecule has 3 rings (SSSR count). The molecule has 0 saturated heterocycles. The number of nitrogens with zero attached hydrogens (tertiary/aromatic N) is 1. The molecule has 0 aliphatic heterocycles. The highest BCUT2D eigenvalue weighted by atomic mass is 19.4. The summed E-state index contributed by atoms with van der Waals surface area (Å²) in [5.74, 6) is 0.405. The van der Waals surface area contributed by atoms with Gasteiger partial charge >= 0.3 is 6.18 Å². The van der Waals surface area contributed by atoms with E-state index in [4.69, 9.17) is 4.74 Å². The molecule has 1 amide bonds. The number of nitrogens with one attached hydrogen (secondary N) is 2. The predicted molar refractivity (Wildman–Crippen MR) is 99.5 cm³/mol. The van der Waals surface area contributed by atoms with Crippen LogP contribution in [0.2, 0.25) is 0 Å². The zero-order chi connectivity index (χ0) is 20.0. The molecule has 0 aliphatic carbocycles. The minimum Gasteiger partial charge on any atom is -0.484 e. The number of aromatic nitrogens is 1. The van der Waals surface area contributed by atoms with Crippen LogP contribution in [0, 0.1) is 0 Å². The van der Waals surface area contributed by atoms with Gasteiger partial charge < -0.3 is 15.4 Å². The molecule has 2 N–H and O–H groups in total. The van der Waals surface area contributed by atoms with Crippen molar-refractivity contribution in [1.82, 2.24) is 4.98 Å². The normalized spacial score (nSPS) is 11.0. The fraction of sp³-hybridized carbons (Fsp3) is 0.100. The molecule has 0 radical (unpaired) electrons. The SMILES string of the molecule is O=C(COc1ccccc1)Nc1ccc(Nc2ccccc2C(F)(F)F)nc1. The Morgan fingerprint density at radius 1 is 0.964 bits per heavy atom. The molecule has 0 aliphatic rings. The fourth-order valence-corrected chi connectivity index (χ4v) is 2.38. The van der Waals surface area contributed by atoms with Crippen LogP contribution < -0.4 is 15.4 Å². The highest BCUT2D eigenvalue weighted by Gasteiger charge is 2.33. The van der Waals surface area contributed by atoms with Gasteiger partial charge in [-0.15, -0.1) is 0 Å². The lowest BCUT2D eigenvalue weighted by atomic mass is 10.1. The molecule has 144 valence electrons. The van der Waals surface area contributed by atoms with E-state index in [1.807, 2.05) is 6.07 Å². The minimum atomic E-state index is -4.48. The first-order valence-electron chi connectivity index (χ1n) is 8.29. The Bertz CT molecular complexity index is 929. The number of alkyl halides is 3. The Balaban J connectivity index is 1.59. The molecular weight excluding hydrogens is 371 g/mol.